The summed E-state index contributed by atoms with van der Waals surface area (Å²) in [6.45, 7) is 2.73. The molecule has 224 valence electrons. The minimum absolute atomic E-state index is 0.121. The number of rotatable bonds is 19. The molecule has 1 atom stereocenters. The number of ketones is 1. The Labute approximate surface area is 246 Å². The van der Waals surface area contributed by atoms with Crippen molar-refractivity contribution in [3.05, 3.63) is 65.2 Å². The van der Waals surface area contributed by atoms with E-state index in [1.165, 1.54) is 70.6 Å². The topological polar surface area (TPSA) is 76.1 Å². The molecule has 2 aromatic rings. The summed E-state index contributed by atoms with van der Waals surface area (Å²) in [5, 5.41) is 11.2. The Morgan fingerprint density at radius 1 is 0.683 bits per heavy atom. The van der Waals surface area contributed by atoms with E-state index in [1.807, 2.05) is 24.3 Å². The molecular formula is C35H49NO5. The van der Waals surface area contributed by atoms with E-state index in [4.69, 9.17) is 9.47 Å². The third kappa shape index (κ3) is 9.37. The quantitative estimate of drug-likeness (QED) is 0.0801. The number of hydrogen-bond acceptors (Lipinski definition) is 5. The summed E-state index contributed by atoms with van der Waals surface area (Å²) in [5.41, 5.74) is 1.36. The molecule has 1 N–H and O–H groups in total. The highest BCUT2D eigenvalue weighted by Crippen LogP contribution is 2.40. The van der Waals surface area contributed by atoms with E-state index in [2.05, 4.69) is 6.92 Å². The van der Waals surface area contributed by atoms with Gasteiger partial charge in [-0.2, -0.15) is 0 Å². The van der Waals surface area contributed by atoms with Crippen LogP contribution in [-0.4, -0.2) is 42.5 Å². The first-order valence-corrected chi connectivity index (χ1v) is 15.6. The molecule has 2 aromatic carbocycles. The fraction of sp³-hybridized carbons (Fsp3) is 0.543. The van der Waals surface area contributed by atoms with Gasteiger partial charge in [0.1, 0.15) is 17.3 Å². The molecule has 0 saturated carbocycles. The first-order chi connectivity index (χ1) is 20.0. The van der Waals surface area contributed by atoms with Crippen LogP contribution in [0.4, 0.5) is 0 Å². The van der Waals surface area contributed by atoms with Gasteiger partial charge in [-0.3, -0.25) is 9.59 Å². The Morgan fingerprint density at radius 2 is 1.12 bits per heavy atom. The lowest BCUT2D eigenvalue weighted by atomic mass is 9.95. The summed E-state index contributed by atoms with van der Waals surface area (Å²) in [4.78, 5) is 28.1. The van der Waals surface area contributed by atoms with Crippen molar-refractivity contribution in [3.63, 3.8) is 0 Å². The fourth-order valence-electron chi connectivity index (χ4n) is 5.62. The number of Topliss-reactive ketones (excluding diaryl/α,β-unsaturated/α-hetero) is 1. The Morgan fingerprint density at radius 3 is 1.59 bits per heavy atom. The van der Waals surface area contributed by atoms with Gasteiger partial charge in [-0.05, 0) is 48.4 Å². The zero-order valence-electron chi connectivity index (χ0n) is 25.3. The number of amides is 1. The van der Waals surface area contributed by atoms with Gasteiger partial charge in [0.15, 0.2) is 0 Å². The fourth-order valence-corrected chi connectivity index (χ4v) is 5.62. The zero-order chi connectivity index (χ0) is 29.5. The summed E-state index contributed by atoms with van der Waals surface area (Å²) in [6.07, 6.45) is 17.6. The van der Waals surface area contributed by atoms with Crippen LogP contribution in [0.15, 0.2) is 54.1 Å². The molecule has 1 unspecified atom stereocenters. The Hall–Kier alpha value is -3.28. The largest absolute Gasteiger partial charge is 0.507 e. The van der Waals surface area contributed by atoms with Crippen LogP contribution in [0.3, 0.4) is 0 Å². The minimum atomic E-state index is -0.649. The van der Waals surface area contributed by atoms with Crippen LogP contribution in [0.5, 0.6) is 11.5 Å². The van der Waals surface area contributed by atoms with Crippen molar-refractivity contribution in [1.82, 2.24) is 4.90 Å². The third-order valence-electron chi connectivity index (χ3n) is 8.09. The van der Waals surface area contributed by atoms with Crippen LogP contribution in [0.1, 0.15) is 114 Å². The molecule has 1 aliphatic rings. The minimum Gasteiger partial charge on any atom is -0.507 e. The number of nitrogens with zero attached hydrogens (tertiary/aromatic N) is 1. The number of hydrogen-bond donors (Lipinski definition) is 1. The molecule has 6 heteroatoms. The van der Waals surface area contributed by atoms with Crippen molar-refractivity contribution in [1.29, 1.82) is 0 Å². The molecule has 1 amide bonds. The molecule has 1 aliphatic heterocycles. The van der Waals surface area contributed by atoms with Crippen LogP contribution in [-0.2, 0) is 9.59 Å². The molecule has 0 radical (unpaired) electrons. The van der Waals surface area contributed by atoms with Crippen molar-refractivity contribution >= 4 is 17.4 Å². The van der Waals surface area contributed by atoms with Crippen LogP contribution in [0.25, 0.3) is 5.76 Å². The zero-order valence-corrected chi connectivity index (χ0v) is 25.3. The monoisotopic (exact) mass is 563 g/mol. The molecule has 1 fully saturated rings. The highest BCUT2D eigenvalue weighted by molar-refractivity contribution is 6.46. The van der Waals surface area contributed by atoms with Gasteiger partial charge < -0.3 is 19.5 Å². The molecule has 6 nitrogen and oxygen atoms in total. The predicted molar refractivity (Wildman–Crippen MR) is 165 cm³/mol. The summed E-state index contributed by atoms with van der Waals surface area (Å²) < 4.78 is 10.5. The second-order valence-corrected chi connectivity index (χ2v) is 11.1. The molecule has 0 aliphatic carbocycles. The Kier molecular flexibility index (Phi) is 13.8. The number of carbonyl (C=O) groups is 2. The lowest BCUT2D eigenvalue weighted by Gasteiger charge is -2.25. The maximum Gasteiger partial charge on any atom is 0.295 e. The average molecular weight is 564 g/mol. The highest BCUT2D eigenvalue weighted by atomic mass is 16.5. The molecule has 0 aromatic heterocycles. The summed E-state index contributed by atoms with van der Waals surface area (Å²) in [5.74, 6) is -0.0466. The second-order valence-electron chi connectivity index (χ2n) is 11.1. The second kappa shape index (κ2) is 17.5. The maximum atomic E-state index is 13.2. The molecular weight excluding hydrogens is 514 g/mol. The number of ether oxygens (including phenoxy) is 2. The van der Waals surface area contributed by atoms with Crippen LogP contribution < -0.4 is 9.47 Å². The number of methoxy groups -OCH3 is 2. The number of unbranched alkanes of at least 4 members (excludes halogenated alkanes) is 13. The van der Waals surface area contributed by atoms with Crippen LogP contribution in [0, 0.1) is 0 Å². The summed E-state index contributed by atoms with van der Waals surface area (Å²) in [6, 6.07) is 13.5. The Balaban J connectivity index is 1.56. The number of carbonyl (C=O) groups excluding carboxylic acids is 2. The van der Waals surface area contributed by atoms with Crippen molar-refractivity contribution in [3.8, 4) is 11.5 Å². The lowest BCUT2D eigenvalue weighted by molar-refractivity contribution is -0.139. The van der Waals surface area contributed by atoms with E-state index in [-0.39, 0.29) is 11.3 Å². The smallest absolute Gasteiger partial charge is 0.295 e. The molecule has 1 heterocycles. The van der Waals surface area contributed by atoms with Gasteiger partial charge in [0.25, 0.3) is 11.7 Å². The highest BCUT2D eigenvalue weighted by Gasteiger charge is 2.45. The lowest BCUT2D eigenvalue weighted by Crippen LogP contribution is -2.30. The van der Waals surface area contributed by atoms with Crippen molar-refractivity contribution in [2.75, 3.05) is 20.8 Å². The van der Waals surface area contributed by atoms with Gasteiger partial charge in [0.2, 0.25) is 0 Å². The first-order valence-electron chi connectivity index (χ1n) is 15.6. The van der Waals surface area contributed by atoms with Crippen LogP contribution >= 0.6 is 0 Å². The van der Waals surface area contributed by atoms with E-state index >= 15 is 0 Å². The van der Waals surface area contributed by atoms with Gasteiger partial charge >= 0.3 is 0 Å². The van der Waals surface area contributed by atoms with E-state index in [9.17, 15) is 14.7 Å². The summed E-state index contributed by atoms with van der Waals surface area (Å²) >= 11 is 0. The van der Waals surface area contributed by atoms with Crippen molar-refractivity contribution in [2.45, 2.75) is 103 Å². The van der Waals surface area contributed by atoms with Gasteiger partial charge in [-0.25, -0.2) is 0 Å². The van der Waals surface area contributed by atoms with Crippen molar-refractivity contribution < 1.29 is 24.2 Å². The molecule has 0 bridgehead atoms. The van der Waals surface area contributed by atoms with Crippen molar-refractivity contribution in [2.24, 2.45) is 0 Å². The SMILES string of the molecule is CCCCCCCCCCCCCCCCN1C(=O)C(=O)/C(=C(/O)c2ccc(OC)cc2)C1c1ccc(OC)cc1. The van der Waals surface area contributed by atoms with E-state index in [1.54, 1.807) is 43.4 Å². The molecule has 0 spiro atoms. The molecule has 41 heavy (non-hydrogen) atoms. The van der Waals surface area contributed by atoms with E-state index in [0.717, 1.165) is 24.8 Å². The third-order valence-corrected chi connectivity index (χ3v) is 8.09. The predicted octanol–water partition coefficient (Wildman–Crippen LogP) is 8.61. The van der Waals surface area contributed by atoms with Gasteiger partial charge in [0.05, 0.1) is 25.8 Å². The standard InChI is InChI=1S/C35H49NO5/c1-4-5-6-7-8-9-10-11-12-13-14-15-16-17-26-36-32(27-18-22-29(40-2)23-19-27)31(34(38)35(36)39)33(37)28-20-24-30(41-3)25-21-28/h18-25,32,37H,4-17,26H2,1-3H3/b33-31+. The normalized spacial score (nSPS) is 16.4. The average Bonchev–Trinajstić information content (AvgIpc) is 3.26. The first kappa shape index (κ1) is 32.2. The van der Waals surface area contributed by atoms with Crippen LogP contribution in [0.2, 0.25) is 0 Å². The Bertz CT molecular complexity index is 1110. The van der Waals surface area contributed by atoms with Gasteiger partial charge in [-0.1, -0.05) is 103 Å². The van der Waals surface area contributed by atoms with Gasteiger partial charge in [-0.15, -0.1) is 0 Å². The van der Waals surface area contributed by atoms with Gasteiger partial charge in [0, 0.05) is 12.1 Å². The number of benzene rings is 2. The van der Waals surface area contributed by atoms with E-state index in [0.29, 0.717) is 23.6 Å². The van der Waals surface area contributed by atoms with E-state index < -0.39 is 17.7 Å². The maximum absolute atomic E-state index is 13.2. The molecule has 3 rings (SSSR count). The number of likely N-dealkylation sites (tertiary alicyclic amines) is 1. The molecule has 1 saturated heterocycles. The number of aliphatic hydroxyl groups excluding tert-OH is 1. The summed E-state index contributed by atoms with van der Waals surface area (Å²) in [7, 11) is 3.17. The number of aliphatic hydroxyl groups is 1.